The molecule has 0 spiro atoms. The molecule has 0 amide bonds. The summed E-state index contributed by atoms with van der Waals surface area (Å²) in [6.45, 7) is 9.41. The second-order valence-corrected chi connectivity index (χ2v) is 3.96. The summed E-state index contributed by atoms with van der Waals surface area (Å²) < 4.78 is 1.91. The second kappa shape index (κ2) is 3.17. The van der Waals surface area contributed by atoms with Gasteiger partial charge in [0, 0.05) is 18.3 Å². The van der Waals surface area contributed by atoms with E-state index < -0.39 is 0 Å². The standard InChI is InChI=1S/C9H17N3/c1-5-12-7-8(6-10-12)11-9(2,3)4/h6-7,11H,5H2,1-4H3. The summed E-state index contributed by atoms with van der Waals surface area (Å²) in [5, 5.41) is 7.53. The van der Waals surface area contributed by atoms with E-state index in [4.69, 9.17) is 0 Å². The number of aromatic nitrogens is 2. The molecule has 12 heavy (non-hydrogen) atoms. The van der Waals surface area contributed by atoms with E-state index in [0.29, 0.717) is 0 Å². The van der Waals surface area contributed by atoms with Gasteiger partial charge in [0.1, 0.15) is 0 Å². The summed E-state index contributed by atoms with van der Waals surface area (Å²) in [6.07, 6.45) is 3.88. The van der Waals surface area contributed by atoms with E-state index in [9.17, 15) is 0 Å². The number of nitrogens with one attached hydrogen (secondary N) is 1. The van der Waals surface area contributed by atoms with E-state index in [0.717, 1.165) is 12.2 Å². The van der Waals surface area contributed by atoms with Crippen LogP contribution in [0.3, 0.4) is 0 Å². The number of rotatable bonds is 2. The van der Waals surface area contributed by atoms with Crippen molar-refractivity contribution in [3.8, 4) is 0 Å². The van der Waals surface area contributed by atoms with Gasteiger partial charge in [0.2, 0.25) is 0 Å². The number of anilines is 1. The molecule has 1 aromatic heterocycles. The molecule has 0 aromatic carbocycles. The molecule has 0 aliphatic heterocycles. The second-order valence-electron chi connectivity index (χ2n) is 3.96. The Labute approximate surface area is 73.8 Å². The Bertz CT molecular complexity index is 245. The summed E-state index contributed by atoms with van der Waals surface area (Å²) >= 11 is 0. The minimum absolute atomic E-state index is 0.113. The van der Waals surface area contributed by atoms with Crippen LogP contribution in [-0.4, -0.2) is 15.3 Å². The first kappa shape index (κ1) is 9.10. The lowest BCUT2D eigenvalue weighted by molar-refractivity contribution is 0.632. The van der Waals surface area contributed by atoms with Crippen LogP contribution in [0.5, 0.6) is 0 Å². The number of nitrogens with zero attached hydrogens (tertiary/aromatic N) is 2. The van der Waals surface area contributed by atoms with Crippen molar-refractivity contribution in [1.82, 2.24) is 9.78 Å². The zero-order valence-electron chi connectivity index (χ0n) is 8.26. The third-order valence-electron chi connectivity index (χ3n) is 1.48. The predicted octanol–water partition coefficient (Wildman–Crippen LogP) is 2.11. The van der Waals surface area contributed by atoms with Crippen molar-refractivity contribution in [1.29, 1.82) is 0 Å². The van der Waals surface area contributed by atoms with Gasteiger partial charge in [-0.2, -0.15) is 5.10 Å². The van der Waals surface area contributed by atoms with Gasteiger partial charge in [-0.1, -0.05) is 0 Å². The first-order valence-corrected chi connectivity index (χ1v) is 4.32. The van der Waals surface area contributed by atoms with Gasteiger partial charge in [0.25, 0.3) is 0 Å². The Morgan fingerprint density at radius 1 is 1.50 bits per heavy atom. The van der Waals surface area contributed by atoms with Crippen LogP contribution < -0.4 is 5.32 Å². The number of hydrogen-bond acceptors (Lipinski definition) is 2. The topological polar surface area (TPSA) is 29.9 Å². The highest BCUT2D eigenvalue weighted by Crippen LogP contribution is 2.12. The van der Waals surface area contributed by atoms with Crippen LogP contribution in [0, 0.1) is 0 Å². The molecule has 1 rings (SSSR count). The molecule has 0 bridgehead atoms. The summed E-state index contributed by atoms with van der Waals surface area (Å²) in [6, 6.07) is 0. The maximum atomic E-state index is 4.17. The highest BCUT2D eigenvalue weighted by molar-refractivity contribution is 5.40. The molecule has 3 heteroatoms. The normalized spacial score (nSPS) is 11.7. The minimum atomic E-state index is 0.113. The first-order chi connectivity index (χ1) is 5.51. The monoisotopic (exact) mass is 167 g/mol. The molecule has 0 unspecified atom stereocenters. The Kier molecular flexibility index (Phi) is 2.40. The van der Waals surface area contributed by atoms with Gasteiger partial charge in [-0.15, -0.1) is 0 Å². The van der Waals surface area contributed by atoms with Crippen molar-refractivity contribution in [2.45, 2.75) is 39.8 Å². The summed E-state index contributed by atoms with van der Waals surface area (Å²) in [4.78, 5) is 0. The van der Waals surface area contributed by atoms with E-state index in [1.165, 1.54) is 0 Å². The number of aryl methyl sites for hydroxylation is 1. The summed E-state index contributed by atoms with van der Waals surface area (Å²) in [5.74, 6) is 0. The molecular weight excluding hydrogens is 150 g/mol. The fourth-order valence-corrected chi connectivity index (χ4v) is 1.03. The van der Waals surface area contributed by atoms with E-state index in [-0.39, 0.29) is 5.54 Å². The van der Waals surface area contributed by atoms with Gasteiger partial charge in [0.15, 0.2) is 0 Å². The Hall–Kier alpha value is -0.990. The molecule has 0 aliphatic rings. The molecule has 0 saturated carbocycles. The van der Waals surface area contributed by atoms with Crippen LogP contribution in [0.1, 0.15) is 27.7 Å². The molecular formula is C9H17N3. The lowest BCUT2D eigenvalue weighted by Gasteiger charge is -2.20. The molecule has 0 aliphatic carbocycles. The highest BCUT2D eigenvalue weighted by atomic mass is 15.3. The van der Waals surface area contributed by atoms with Crippen LogP contribution >= 0.6 is 0 Å². The molecule has 0 saturated heterocycles. The molecule has 3 nitrogen and oxygen atoms in total. The van der Waals surface area contributed by atoms with Crippen molar-refractivity contribution in [3.63, 3.8) is 0 Å². The smallest absolute Gasteiger partial charge is 0.0730 e. The van der Waals surface area contributed by atoms with Crippen molar-refractivity contribution < 1.29 is 0 Å². The molecule has 1 heterocycles. The maximum absolute atomic E-state index is 4.17. The van der Waals surface area contributed by atoms with Crippen molar-refractivity contribution >= 4 is 5.69 Å². The zero-order valence-corrected chi connectivity index (χ0v) is 8.26. The van der Waals surface area contributed by atoms with Crippen LogP contribution in [-0.2, 0) is 6.54 Å². The Balaban J connectivity index is 2.64. The van der Waals surface area contributed by atoms with Gasteiger partial charge in [0.05, 0.1) is 11.9 Å². The zero-order chi connectivity index (χ0) is 9.19. The van der Waals surface area contributed by atoms with Crippen LogP contribution in [0.4, 0.5) is 5.69 Å². The average Bonchev–Trinajstić information content (AvgIpc) is 2.32. The van der Waals surface area contributed by atoms with Crippen LogP contribution in [0.25, 0.3) is 0 Å². The predicted molar refractivity (Wildman–Crippen MR) is 51.3 cm³/mol. The highest BCUT2D eigenvalue weighted by Gasteiger charge is 2.09. The van der Waals surface area contributed by atoms with Gasteiger partial charge in [-0.05, 0) is 27.7 Å². The largest absolute Gasteiger partial charge is 0.378 e. The lowest BCUT2D eigenvalue weighted by atomic mass is 10.1. The van der Waals surface area contributed by atoms with E-state index in [1.807, 2.05) is 17.1 Å². The first-order valence-electron chi connectivity index (χ1n) is 4.32. The molecule has 1 N–H and O–H groups in total. The van der Waals surface area contributed by atoms with Gasteiger partial charge >= 0.3 is 0 Å². The molecule has 1 aromatic rings. The minimum Gasteiger partial charge on any atom is -0.378 e. The summed E-state index contributed by atoms with van der Waals surface area (Å²) in [5.41, 5.74) is 1.20. The van der Waals surface area contributed by atoms with Crippen molar-refractivity contribution in [2.75, 3.05) is 5.32 Å². The van der Waals surface area contributed by atoms with Gasteiger partial charge < -0.3 is 5.32 Å². The third-order valence-corrected chi connectivity index (χ3v) is 1.48. The molecule has 68 valence electrons. The SMILES string of the molecule is CCn1cc(NC(C)(C)C)cn1. The molecule has 0 fully saturated rings. The molecule has 0 atom stereocenters. The van der Waals surface area contributed by atoms with Gasteiger partial charge in [-0.3, -0.25) is 4.68 Å². The molecule has 0 radical (unpaired) electrons. The van der Waals surface area contributed by atoms with Crippen molar-refractivity contribution in [3.05, 3.63) is 12.4 Å². The number of hydrogen-bond donors (Lipinski definition) is 1. The van der Waals surface area contributed by atoms with E-state index >= 15 is 0 Å². The average molecular weight is 167 g/mol. The maximum Gasteiger partial charge on any atom is 0.0730 e. The third kappa shape index (κ3) is 2.57. The van der Waals surface area contributed by atoms with E-state index in [1.54, 1.807) is 0 Å². The van der Waals surface area contributed by atoms with Crippen LogP contribution in [0.2, 0.25) is 0 Å². The van der Waals surface area contributed by atoms with Crippen molar-refractivity contribution in [2.24, 2.45) is 0 Å². The van der Waals surface area contributed by atoms with Gasteiger partial charge in [-0.25, -0.2) is 0 Å². The fraction of sp³-hybridized carbons (Fsp3) is 0.667. The quantitative estimate of drug-likeness (QED) is 0.731. The lowest BCUT2D eigenvalue weighted by Crippen LogP contribution is -2.25. The fourth-order valence-electron chi connectivity index (χ4n) is 1.03. The van der Waals surface area contributed by atoms with E-state index in [2.05, 4.69) is 38.1 Å². The Morgan fingerprint density at radius 2 is 2.17 bits per heavy atom. The summed E-state index contributed by atoms with van der Waals surface area (Å²) in [7, 11) is 0. The Morgan fingerprint density at radius 3 is 2.58 bits per heavy atom. The van der Waals surface area contributed by atoms with Crippen LogP contribution in [0.15, 0.2) is 12.4 Å².